The third-order valence-corrected chi connectivity index (χ3v) is 5.93. The summed E-state index contributed by atoms with van der Waals surface area (Å²) in [6, 6.07) is 17.5. The first-order valence-electron chi connectivity index (χ1n) is 9.36. The third-order valence-electron chi connectivity index (χ3n) is 5.60. The highest BCUT2D eigenvalue weighted by Crippen LogP contribution is 2.36. The molecule has 5 rings (SSSR count). The molecule has 3 aromatic carbocycles. The number of para-hydroxylation sites is 1. The van der Waals surface area contributed by atoms with Crippen molar-refractivity contribution in [2.75, 3.05) is 4.90 Å². The predicted octanol–water partition coefficient (Wildman–Crippen LogP) is 4.09. The number of aromatic nitrogens is 2. The van der Waals surface area contributed by atoms with Gasteiger partial charge in [-0.3, -0.25) is 19.1 Å². The van der Waals surface area contributed by atoms with Gasteiger partial charge < -0.3 is 0 Å². The van der Waals surface area contributed by atoms with Crippen LogP contribution in [0.4, 0.5) is 5.69 Å². The van der Waals surface area contributed by atoms with E-state index in [1.807, 2.05) is 18.2 Å². The lowest BCUT2D eigenvalue weighted by molar-refractivity contribution is 0.0893. The van der Waals surface area contributed by atoms with Crippen LogP contribution in [0.3, 0.4) is 0 Å². The predicted molar refractivity (Wildman–Crippen MR) is 116 cm³/mol. The molecule has 4 aromatic rings. The maximum absolute atomic E-state index is 13.4. The van der Waals surface area contributed by atoms with E-state index in [0.29, 0.717) is 38.3 Å². The zero-order chi connectivity index (χ0) is 21.2. The number of hydrogen-bond acceptors (Lipinski definition) is 3. The Morgan fingerprint density at radius 3 is 2.17 bits per heavy atom. The molecular weight excluding hydrogens is 402 g/mol. The SMILES string of the molecule is Cc1c(N2C(=O)c3cccc4c(Cl)ccc(c34)C2=O)c(=O)n(-c2ccccc2)n1C. The third kappa shape index (κ3) is 2.34. The maximum Gasteiger partial charge on any atom is 0.296 e. The molecule has 0 spiro atoms. The van der Waals surface area contributed by atoms with E-state index in [0.717, 1.165) is 4.90 Å². The lowest BCUT2D eigenvalue weighted by atomic mass is 9.93. The number of carbonyl (C=O) groups excluding carboxylic acids is 2. The molecule has 0 fully saturated rings. The van der Waals surface area contributed by atoms with Gasteiger partial charge in [-0.25, -0.2) is 9.58 Å². The Balaban J connectivity index is 1.78. The number of benzene rings is 3. The molecular formula is C23H16ClN3O3. The molecule has 1 aromatic heterocycles. The molecule has 0 bridgehead atoms. The molecule has 0 radical (unpaired) electrons. The average Bonchev–Trinajstić information content (AvgIpc) is 2.97. The van der Waals surface area contributed by atoms with Gasteiger partial charge in [-0.05, 0) is 37.3 Å². The van der Waals surface area contributed by atoms with E-state index in [4.69, 9.17) is 11.6 Å². The highest BCUT2D eigenvalue weighted by molar-refractivity contribution is 6.41. The van der Waals surface area contributed by atoms with Crippen LogP contribution in [0.5, 0.6) is 0 Å². The van der Waals surface area contributed by atoms with Crippen molar-refractivity contribution in [3.63, 3.8) is 0 Å². The van der Waals surface area contributed by atoms with Crippen molar-refractivity contribution in [3.8, 4) is 5.69 Å². The lowest BCUT2D eigenvalue weighted by Gasteiger charge is -2.26. The van der Waals surface area contributed by atoms with Crippen LogP contribution in [-0.4, -0.2) is 21.2 Å². The average molecular weight is 418 g/mol. The second-order valence-corrected chi connectivity index (χ2v) is 7.59. The van der Waals surface area contributed by atoms with Crippen LogP contribution in [0.2, 0.25) is 5.02 Å². The van der Waals surface area contributed by atoms with Crippen LogP contribution in [-0.2, 0) is 7.05 Å². The lowest BCUT2D eigenvalue weighted by Crippen LogP contribution is -2.43. The zero-order valence-corrected chi connectivity index (χ0v) is 17.0. The van der Waals surface area contributed by atoms with Gasteiger partial charge in [-0.2, -0.15) is 0 Å². The summed E-state index contributed by atoms with van der Waals surface area (Å²) in [5.41, 5.74) is 1.46. The molecule has 1 aliphatic heterocycles. The molecule has 0 saturated heterocycles. The Hall–Kier alpha value is -3.64. The monoisotopic (exact) mass is 417 g/mol. The van der Waals surface area contributed by atoms with Crippen molar-refractivity contribution in [3.05, 3.63) is 92.9 Å². The minimum Gasteiger partial charge on any atom is -0.283 e. The summed E-state index contributed by atoms with van der Waals surface area (Å²) in [6.45, 7) is 1.72. The van der Waals surface area contributed by atoms with Crippen molar-refractivity contribution in [1.29, 1.82) is 0 Å². The molecule has 148 valence electrons. The van der Waals surface area contributed by atoms with E-state index in [2.05, 4.69) is 0 Å². The summed E-state index contributed by atoms with van der Waals surface area (Å²) in [5.74, 6) is -1.07. The van der Waals surface area contributed by atoms with Crippen LogP contribution < -0.4 is 10.5 Å². The Bertz CT molecular complexity index is 1410. The van der Waals surface area contributed by atoms with Crippen LogP contribution in [0.15, 0.2) is 65.5 Å². The first-order chi connectivity index (χ1) is 14.4. The summed E-state index contributed by atoms with van der Waals surface area (Å²) >= 11 is 6.28. The number of amides is 2. The molecule has 2 heterocycles. The number of nitrogens with zero attached hydrogens (tertiary/aromatic N) is 3. The topological polar surface area (TPSA) is 64.3 Å². The van der Waals surface area contributed by atoms with Gasteiger partial charge in [0.15, 0.2) is 0 Å². The molecule has 0 aliphatic carbocycles. The standard InChI is InChI=1S/C23H16ClN3O3/c1-13-20(23(30)27(25(13)2)14-7-4-3-5-8-14)26-21(28)16-10-6-9-15-18(24)12-11-17(19(15)16)22(26)29/h3-12H,1-2H3. The highest BCUT2D eigenvalue weighted by Gasteiger charge is 2.38. The Kier molecular flexibility index (Phi) is 3.95. The number of rotatable bonds is 2. The fourth-order valence-electron chi connectivity index (χ4n) is 4.08. The van der Waals surface area contributed by atoms with Gasteiger partial charge in [0.2, 0.25) is 0 Å². The van der Waals surface area contributed by atoms with Gasteiger partial charge in [-0.15, -0.1) is 0 Å². The molecule has 0 saturated carbocycles. The summed E-state index contributed by atoms with van der Waals surface area (Å²) in [7, 11) is 1.72. The van der Waals surface area contributed by atoms with E-state index in [1.54, 1.807) is 61.1 Å². The molecule has 0 unspecified atom stereocenters. The van der Waals surface area contributed by atoms with Gasteiger partial charge in [0.1, 0.15) is 5.69 Å². The maximum atomic E-state index is 13.4. The van der Waals surface area contributed by atoms with E-state index < -0.39 is 17.4 Å². The van der Waals surface area contributed by atoms with Crippen LogP contribution >= 0.6 is 11.6 Å². The van der Waals surface area contributed by atoms with Crippen LogP contribution in [0.25, 0.3) is 16.5 Å². The van der Waals surface area contributed by atoms with Gasteiger partial charge in [0.05, 0.1) is 11.4 Å². The summed E-state index contributed by atoms with van der Waals surface area (Å²) < 4.78 is 3.09. The first kappa shape index (κ1) is 18.4. The van der Waals surface area contributed by atoms with Crippen LogP contribution in [0, 0.1) is 6.92 Å². The van der Waals surface area contributed by atoms with Gasteiger partial charge in [0.25, 0.3) is 17.4 Å². The minimum atomic E-state index is -0.536. The van der Waals surface area contributed by atoms with Crippen molar-refractivity contribution in [1.82, 2.24) is 9.36 Å². The Labute approximate surface area is 176 Å². The van der Waals surface area contributed by atoms with E-state index in [1.165, 1.54) is 4.68 Å². The molecule has 1 aliphatic rings. The van der Waals surface area contributed by atoms with Crippen molar-refractivity contribution >= 4 is 39.9 Å². The van der Waals surface area contributed by atoms with Gasteiger partial charge >= 0.3 is 0 Å². The molecule has 2 amide bonds. The van der Waals surface area contributed by atoms with Gasteiger partial charge in [0, 0.05) is 34.0 Å². The quantitative estimate of drug-likeness (QED) is 0.461. The number of anilines is 1. The summed E-state index contributed by atoms with van der Waals surface area (Å²) in [5, 5.41) is 1.62. The smallest absolute Gasteiger partial charge is 0.283 e. The Morgan fingerprint density at radius 1 is 0.800 bits per heavy atom. The van der Waals surface area contributed by atoms with Crippen LogP contribution in [0.1, 0.15) is 26.4 Å². The highest BCUT2D eigenvalue weighted by atomic mass is 35.5. The summed E-state index contributed by atoms with van der Waals surface area (Å²) in [4.78, 5) is 41.2. The van der Waals surface area contributed by atoms with E-state index in [-0.39, 0.29) is 5.69 Å². The first-order valence-corrected chi connectivity index (χ1v) is 9.73. The zero-order valence-electron chi connectivity index (χ0n) is 16.2. The molecule has 0 atom stereocenters. The largest absolute Gasteiger partial charge is 0.296 e. The van der Waals surface area contributed by atoms with Crippen molar-refractivity contribution in [2.24, 2.45) is 7.05 Å². The fourth-order valence-corrected chi connectivity index (χ4v) is 4.30. The molecule has 0 N–H and O–H groups in total. The number of halogens is 1. The normalized spacial score (nSPS) is 13.4. The Morgan fingerprint density at radius 2 is 1.47 bits per heavy atom. The fraction of sp³-hybridized carbons (Fsp3) is 0.0870. The second-order valence-electron chi connectivity index (χ2n) is 7.18. The number of carbonyl (C=O) groups is 2. The van der Waals surface area contributed by atoms with E-state index in [9.17, 15) is 14.4 Å². The number of imide groups is 1. The molecule has 6 nitrogen and oxygen atoms in total. The minimum absolute atomic E-state index is 0.0500. The second kappa shape index (κ2) is 6.43. The van der Waals surface area contributed by atoms with Gasteiger partial charge in [-0.1, -0.05) is 41.9 Å². The van der Waals surface area contributed by atoms with Crippen molar-refractivity contribution < 1.29 is 9.59 Å². The number of hydrogen-bond donors (Lipinski definition) is 0. The molecule has 30 heavy (non-hydrogen) atoms. The molecule has 7 heteroatoms. The van der Waals surface area contributed by atoms with E-state index >= 15 is 0 Å². The summed E-state index contributed by atoms with van der Waals surface area (Å²) in [6.07, 6.45) is 0. The van der Waals surface area contributed by atoms with Crippen molar-refractivity contribution in [2.45, 2.75) is 6.92 Å².